The van der Waals surface area contributed by atoms with E-state index in [4.69, 9.17) is 14.6 Å². The zero-order valence-corrected chi connectivity index (χ0v) is 9.15. The Kier molecular flexibility index (Phi) is 10.2. The summed E-state index contributed by atoms with van der Waals surface area (Å²) in [4.78, 5) is 0. The van der Waals surface area contributed by atoms with Crippen LogP contribution in [0.2, 0.25) is 0 Å². The highest BCUT2D eigenvalue weighted by molar-refractivity contribution is 5.12. The highest BCUT2D eigenvalue weighted by Gasteiger charge is 1.91. The average molecular weight is 212 g/mol. The van der Waals surface area contributed by atoms with Crippen molar-refractivity contribution in [3.63, 3.8) is 0 Å². The molecule has 0 atom stereocenters. The number of aliphatic hydroxyl groups is 1. The van der Waals surface area contributed by atoms with Crippen molar-refractivity contribution >= 4 is 0 Å². The second-order valence-electron chi connectivity index (χ2n) is 2.95. The van der Waals surface area contributed by atoms with Crippen molar-refractivity contribution in [1.29, 1.82) is 0 Å². The predicted octanol–water partition coefficient (Wildman–Crippen LogP) is 2.05. The van der Waals surface area contributed by atoms with Gasteiger partial charge in [-0.3, -0.25) is 0 Å². The van der Waals surface area contributed by atoms with Crippen LogP contribution in [0.25, 0.3) is 0 Å². The van der Waals surface area contributed by atoms with Crippen molar-refractivity contribution in [2.45, 2.75) is 12.8 Å². The smallest absolute Gasteiger partial charge is 0.112 e. The van der Waals surface area contributed by atoms with Crippen molar-refractivity contribution < 1.29 is 14.6 Å². The molecule has 3 nitrogen and oxygen atoms in total. The molecule has 0 amide bonds. The van der Waals surface area contributed by atoms with Gasteiger partial charge in [0, 0.05) is 6.61 Å². The summed E-state index contributed by atoms with van der Waals surface area (Å²) in [6, 6.07) is 0. The summed E-state index contributed by atoms with van der Waals surface area (Å²) in [7, 11) is 0. The van der Waals surface area contributed by atoms with Crippen molar-refractivity contribution in [3.05, 3.63) is 37.1 Å². The van der Waals surface area contributed by atoms with E-state index in [1.807, 2.05) is 0 Å². The van der Waals surface area contributed by atoms with Crippen molar-refractivity contribution in [2.24, 2.45) is 0 Å². The zero-order valence-electron chi connectivity index (χ0n) is 9.15. The quantitative estimate of drug-likeness (QED) is 0.342. The molecule has 0 aromatic rings. The number of ether oxygens (including phenoxy) is 2. The maximum atomic E-state index is 8.45. The molecule has 0 rings (SSSR count). The molecule has 0 unspecified atom stereocenters. The number of allylic oxidation sites excluding steroid dienone is 3. The van der Waals surface area contributed by atoms with E-state index >= 15 is 0 Å². The van der Waals surface area contributed by atoms with E-state index in [-0.39, 0.29) is 6.61 Å². The molecule has 0 aliphatic heterocycles. The summed E-state index contributed by atoms with van der Waals surface area (Å²) in [6.45, 7) is 9.07. The standard InChI is InChI=1S/C12H20O3/c1-3-4-7-12(2)15-10-6-5-9-14-11-8-13/h3-4,7,13H,1-2,5-6,8-11H2/b7-4-. The summed E-state index contributed by atoms with van der Waals surface area (Å²) >= 11 is 0. The van der Waals surface area contributed by atoms with Gasteiger partial charge in [-0.25, -0.2) is 0 Å². The monoisotopic (exact) mass is 212 g/mol. The van der Waals surface area contributed by atoms with Crippen LogP contribution >= 0.6 is 0 Å². The summed E-state index contributed by atoms with van der Waals surface area (Å²) < 4.78 is 10.4. The Balaban J connectivity index is 3.20. The highest BCUT2D eigenvalue weighted by atomic mass is 16.5. The van der Waals surface area contributed by atoms with Crippen LogP contribution in [0, 0.1) is 0 Å². The Morgan fingerprint density at radius 3 is 2.60 bits per heavy atom. The average Bonchev–Trinajstić information content (AvgIpc) is 2.25. The molecule has 3 heteroatoms. The number of hydrogen-bond acceptors (Lipinski definition) is 3. The van der Waals surface area contributed by atoms with E-state index in [0.717, 1.165) is 12.8 Å². The van der Waals surface area contributed by atoms with Gasteiger partial charge in [-0.1, -0.05) is 25.3 Å². The first-order valence-corrected chi connectivity index (χ1v) is 5.10. The molecule has 1 N–H and O–H groups in total. The maximum absolute atomic E-state index is 8.45. The third-order valence-electron chi connectivity index (χ3n) is 1.62. The molecule has 0 radical (unpaired) electrons. The third-order valence-corrected chi connectivity index (χ3v) is 1.62. The van der Waals surface area contributed by atoms with Gasteiger partial charge in [0.25, 0.3) is 0 Å². The molecule has 15 heavy (non-hydrogen) atoms. The van der Waals surface area contributed by atoms with E-state index in [9.17, 15) is 0 Å². The lowest BCUT2D eigenvalue weighted by Crippen LogP contribution is -2.02. The summed E-state index contributed by atoms with van der Waals surface area (Å²) in [6.07, 6.45) is 7.09. The van der Waals surface area contributed by atoms with Crippen molar-refractivity contribution in [2.75, 3.05) is 26.4 Å². The summed E-state index contributed by atoms with van der Waals surface area (Å²) in [5, 5.41) is 8.45. The first-order valence-electron chi connectivity index (χ1n) is 5.10. The Hall–Kier alpha value is -1.06. The Labute approximate surface area is 91.7 Å². The van der Waals surface area contributed by atoms with Crippen LogP contribution in [0.4, 0.5) is 0 Å². The number of aliphatic hydroxyl groups excluding tert-OH is 1. The Morgan fingerprint density at radius 1 is 1.20 bits per heavy atom. The van der Waals surface area contributed by atoms with Crippen molar-refractivity contribution in [3.8, 4) is 0 Å². The zero-order chi connectivity index (χ0) is 11.4. The summed E-state index contributed by atoms with van der Waals surface area (Å²) in [5.74, 6) is 0.645. The largest absolute Gasteiger partial charge is 0.494 e. The number of hydrogen-bond donors (Lipinski definition) is 1. The molecular weight excluding hydrogens is 192 g/mol. The third kappa shape index (κ3) is 10.9. The minimum atomic E-state index is 0.0830. The van der Waals surface area contributed by atoms with Gasteiger partial charge < -0.3 is 14.6 Å². The lowest BCUT2D eigenvalue weighted by Gasteiger charge is -2.05. The SMILES string of the molecule is C=C/C=C\C(=C)OCCCCOCCO. The van der Waals surface area contributed by atoms with Crippen molar-refractivity contribution in [1.82, 2.24) is 0 Å². The normalized spacial score (nSPS) is 10.5. The van der Waals surface area contributed by atoms with Gasteiger partial charge in [-0.2, -0.15) is 0 Å². The molecule has 0 aromatic heterocycles. The first kappa shape index (κ1) is 13.9. The van der Waals surface area contributed by atoms with E-state index in [0.29, 0.717) is 25.6 Å². The van der Waals surface area contributed by atoms with Crippen LogP contribution in [0.3, 0.4) is 0 Å². The lowest BCUT2D eigenvalue weighted by molar-refractivity contribution is 0.0859. The molecule has 0 aromatic carbocycles. The van der Waals surface area contributed by atoms with Crippen LogP contribution in [-0.4, -0.2) is 31.5 Å². The minimum Gasteiger partial charge on any atom is -0.494 e. The van der Waals surface area contributed by atoms with Gasteiger partial charge in [0.15, 0.2) is 0 Å². The van der Waals surface area contributed by atoms with Crippen LogP contribution < -0.4 is 0 Å². The first-order chi connectivity index (χ1) is 7.31. The maximum Gasteiger partial charge on any atom is 0.112 e. The fourth-order valence-corrected chi connectivity index (χ4v) is 0.900. The predicted molar refractivity (Wildman–Crippen MR) is 61.6 cm³/mol. The van der Waals surface area contributed by atoms with Crippen LogP contribution in [0.1, 0.15) is 12.8 Å². The highest BCUT2D eigenvalue weighted by Crippen LogP contribution is 1.99. The van der Waals surface area contributed by atoms with Gasteiger partial charge in [0.1, 0.15) is 5.76 Å². The van der Waals surface area contributed by atoms with Gasteiger partial charge in [-0.05, 0) is 18.9 Å². The molecule has 0 saturated heterocycles. The molecule has 0 heterocycles. The second kappa shape index (κ2) is 11.0. The minimum absolute atomic E-state index is 0.0830. The molecule has 0 aliphatic rings. The van der Waals surface area contributed by atoms with Gasteiger partial charge in [0.05, 0.1) is 19.8 Å². The van der Waals surface area contributed by atoms with E-state index in [1.165, 1.54) is 0 Å². The van der Waals surface area contributed by atoms with E-state index in [2.05, 4.69) is 13.2 Å². The fourth-order valence-electron chi connectivity index (χ4n) is 0.900. The fraction of sp³-hybridized carbons (Fsp3) is 0.500. The number of unbranched alkanes of at least 4 members (excludes halogenated alkanes) is 1. The molecule has 86 valence electrons. The van der Waals surface area contributed by atoms with Gasteiger partial charge >= 0.3 is 0 Å². The Morgan fingerprint density at radius 2 is 1.93 bits per heavy atom. The Bertz CT molecular complexity index is 197. The molecular formula is C12H20O3. The van der Waals surface area contributed by atoms with Gasteiger partial charge in [0.2, 0.25) is 0 Å². The summed E-state index contributed by atoms with van der Waals surface area (Å²) in [5.41, 5.74) is 0. The molecule has 0 aliphatic carbocycles. The number of rotatable bonds is 10. The van der Waals surface area contributed by atoms with Gasteiger partial charge in [-0.15, -0.1) is 0 Å². The molecule has 0 spiro atoms. The van der Waals surface area contributed by atoms with Crippen LogP contribution in [0.15, 0.2) is 37.1 Å². The second-order valence-corrected chi connectivity index (χ2v) is 2.95. The van der Waals surface area contributed by atoms with E-state index in [1.54, 1.807) is 18.2 Å². The molecule has 0 saturated carbocycles. The molecule has 0 fully saturated rings. The lowest BCUT2D eigenvalue weighted by atomic mass is 10.3. The molecule has 0 bridgehead atoms. The van der Waals surface area contributed by atoms with Crippen LogP contribution in [0.5, 0.6) is 0 Å². The van der Waals surface area contributed by atoms with Crippen LogP contribution in [-0.2, 0) is 9.47 Å². The van der Waals surface area contributed by atoms with E-state index < -0.39 is 0 Å². The topological polar surface area (TPSA) is 38.7 Å².